The minimum absolute atomic E-state index is 0.286. The molecular weight excluding hydrogens is 419 g/mol. The Bertz CT molecular complexity index is 817. The van der Waals surface area contributed by atoms with Crippen LogP contribution in [0.25, 0.3) is 22.4 Å². The summed E-state index contributed by atoms with van der Waals surface area (Å²) in [7, 11) is 0. The Morgan fingerprint density at radius 1 is 1.05 bits per heavy atom. The highest BCUT2D eigenvalue weighted by Gasteiger charge is 2.18. The van der Waals surface area contributed by atoms with Gasteiger partial charge in [0, 0.05) is 14.5 Å². The van der Waals surface area contributed by atoms with E-state index in [9.17, 15) is 0 Å². The van der Waals surface area contributed by atoms with E-state index in [1.807, 2.05) is 36.4 Å². The topological polar surface area (TPSA) is 52.0 Å². The summed E-state index contributed by atoms with van der Waals surface area (Å²) in [6.45, 7) is 0. The molecule has 0 aliphatic carbocycles. The summed E-state index contributed by atoms with van der Waals surface area (Å²) in [4.78, 5) is 0. The van der Waals surface area contributed by atoms with Crippen molar-refractivity contribution in [2.75, 3.05) is 5.73 Å². The molecule has 0 bridgehead atoms. The van der Waals surface area contributed by atoms with Gasteiger partial charge in [-0.2, -0.15) is 0 Å². The van der Waals surface area contributed by atoms with E-state index in [4.69, 9.17) is 21.9 Å². The smallest absolute Gasteiger partial charge is 0.230 e. The number of nitrogens with zero attached hydrogens (tertiary/aromatic N) is 1. The zero-order chi connectivity index (χ0) is 15.0. The Morgan fingerprint density at radius 3 is 2.57 bits per heavy atom. The Labute approximate surface area is 143 Å². The van der Waals surface area contributed by atoms with E-state index in [-0.39, 0.29) is 5.88 Å². The predicted octanol–water partition coefficient (Wildman–Crippen LogP) is 5.77. The molecule has 21 heavy (non-hydrogen) atoms. The van der Waals surface area contributed by atoms with Gasteiger partial charge in [0.15, 0.2) is 0 Å². The van der Waals surface area contributed by atoms with Crippen LogP contribution in [0.3, 0.4) is 0 Å². The molecule has 0 spiro atoms. The molecule has 6 heteroatoms. The van der Waals surface area contributed by atoms with Crippen LogP contribution in [0, 0.1) is 0 Å². The molecule has 3 aromatic rings. The minimum Gasteiger partial charge on any atom is -0.367 e. The van der Waals surface area contributed by atoms with Crippen LogP contribution in [-0.2, 0) is 0 Å². The van der Waals surface area contributed by atoms with Crippen LogP contribution >= 0.6 is 43.5 Å². The van der Waals surface area contributed by atoms with Crippen LogP contribution in [0.15, 0.2) is 55.9 Å². The first-order valence-corrected chi connectivity index (χ1v) is 7.99. The van der Waals surface area contributed by atoms with E-state index >= 15 is 0 Å². The number of rotatable bonds is 2. The summed E-state index contributed by atoms with van der Waals surface area (Å²) in [6, 6.07) is 13.4. The molecule has 0 unspecified atom stereocenters. The number of halogens is 3. The molecule has 0 radical (unpaired) electrons. The lowest BCUT2D eigenvalue weighted by atomic mass is 10.0. The van der Waals surface area contributed by atoms with Gasteiger partial charge in [0.05, 0.1) is 10.6 Å². The van der Waals surface area contributed by atoms with Crippen LogP contribution in [0.1, 0.15) is 0 Å². The highest BCUT2D eigenvalue weighted by Crippen LogP contribution is 2.38. The molecule has 106 valence electrons. The zero-order valence-electron chi connectivity index (χ0n) is 10.6. The van der Waals surface area contributed by atoms with Crippen molar-refractivity contribution >= 4 is 49.3 Å². The van der Waals surface area contributed by atoms with Crippen molar-refractivity contribution in [1.29, 1.82) is 0 Å². The SMILES string of the molecule is Nc1onc(-c2ccc(Cl)c(Br)c2)c1-c1cccc(Br)c1. The second kappa shape index (κ2) is 5.83. The summed E-state index contributed by atoms with van der Waals surface area (Å²) in [5.41, 5.74) is 9.21. The van der Waals surface area contributed by atoms with Gasteiger partial charge < -0.3 is 10.3 Å². The number of anilines is 1. The third-order valence-corrected chi connectivity index (χ3v) is 4.73. The van der Waals surface area contributed by atoms with Gasteiger partial charge >= 0.3 is 0 Å². The van der Waals surface area contributed by atoms with Gasteiger partial charge in [0.25, 0.3) is 0 Å². The van der Waals surface area contributed by atoms with E-state index < -0.39 is 0 Å². The molecule has 2 aromatic carbocycles. The normalized spacial score (nSPS) is 10.8. The minimum atomic E-state index is 0.286. The van der Waals surface area contributed by atoms with Crippen molar-refractivity contribution in [2.24, 2.45) is 0 Å². The average molecular weight is 429 g/mol. The van der Waals surface area contributed by atoms with E-state index in [1.54, 1.807) is 6.07 Å². The molecule has 1 aromatic heterocycles. The number of benzene rings is 2. The fraction of sp³-hybridized carbons (Fsp3) is 0. The third-order valence-electron chi connectivity index (χ3n) is 3.02. The molecule has 0 saturated carbocycles. The molecular formula is C15H9Br2ClN2O. The number of nitrogens with two attached hydrogens (primary N) is 1. The van der Waals surface area contributed by atoms with Gasteiger partial charge in [-0.05, 0) is 45.8 Å². The standard InChI is InChI=1S/C15H9Br2ClN2O/c16-10-3-1-2-8(6-10)13-14(20-21-15(13)19)9-4-5-12(18)11(17)7-9/h1-7H,19H2. The summed E-state index contributed by atoms with van der Waals surface area (Å²) >= 11 is 12.9. The highest BCUT2D eigenvalue weighted by molar-refractivity contribution is 9.10. The molecule has 0 atom stereocenters. The van der Waals surface area contributed by atoms with Crippen molar-refractivity contribution in [3.8, 4) is 22.4 Å². The van der Waals surface area contributed by atoms with Gasteiger partial charge in [-0.25, -0.2) is 0 Å². The maximum atomic E-state index is 6.03. The molecule has 3 nitrogen and oxygen atoms in total. The number of hydrogen-bond donors (Lipinski definition) is 1. The largest absolute Gasteiger partial charge is 0.367 e. The summed E-state index contributed by atoms with van der Waals surface area (Å²) < 4.78 is 6.94. The molecule has 0 fully saturated rings. The first kappa shape index (κ1) is 14.6. The second-order valence-corrected chi connectivity index (χ2v) is 6.59. The Hall–Kier alpha value is -1.30. The average Bonchev–Trinajstić information content (AvgIpc) is 2.84. The van der Waals surface area contributed by atoms with E-state index in [0.29, 0.717) is 10.7 Å². The number of aromatic nitrogens is 1. The highest BCUT2D eigenvalue weighted by atomic mass is 79.9. The van der Waals surface area contributed by atoms with E-state index in [2.05, 4.69) is 37.0 Å². The van der Waals surface area contributed by atoms with Gasteiger partial charge in [0.1, 0.15) is 5.69 Å². The maximum absolute atomic E-state index is 6.03. The molecule has 0 aliphatic rings. The second-order valence-electron chi connectivity index (χ2n) is 4.41. The quantitative estimate of drug-likeness (QED) is 0.564. The molecule has 0 saturated heterocycles. The third kappa shape index (κ3) is 2.86. The molecule has 2 N–H and O–H groups in total. The summed E-state index contributed by atoms with van der Waals surface area (Å²) in [5.74, 6) is 0.286. The number of nitrogen functional groups attached to an aromatic ring is 1. The monoisotopic (exact) mass is 426 g/mol. The van der Waals surface area contributed by atoms with Crippen LogP contribution in [-0.4, -0.2) is 5.16 Å². The summed E-state index contributed by atoms with van der Waals surface area (Å²) in [6.07, 6.45) is 0. The molecule has 1 heterocycles. The lowest BCUT2D eigenvalue weighted by Crippen LogP contribution is -1.88. The van der Waals surface area contributed by atoms with Crippen LogP contribution in [0.4, 0.5) is 5.88 Å². The maximum Gasteiger partial charge on any atom is 0.230 e. The van der Waals surface area contributed by atoms with Gasteiger partial charge in [-0.1, -0.05) is 50.9 Å². The van der Waals surface area contributed by atoms with Crippen LogP contribution < -0.4 is 5.73 Å². The lowest BCUT2D eigenvalue weighted by Gasteiger charge is -2.05. The molecule has 3 rings (SSSR count). The summed E-state index contributed by atoms with van der Waals surface area (Å²) in [5, 5.41) is 4.72. The Kier molecular flexibility index (Phi) is 4.06. The Balaban J connectivity index is 2.19. The fourth-order valence-corrected chi connectivity index (χ4v) is 2.96. The van der Waals surface area contributed by atoms with Crippen molar-refractivity contribution in [3.63, 3.8) is 0 Å². The van der Waals surface area contributed by atoms with Crippen molar-refractivity contribution in [3.05, 3.63) is 56.4 Å². The van der Waals surface area contributed by atoms with E-state index in [0.717, 1.165) is 25.6 Å². The van der Waals surface area contributed by atoms with Gasteiger partial charge in [-0.15, -0.1) is 0 Å². The predicted molar refractivity (Wildman–Crippen MR) is 92.2 cm³/mol. The van der Waals surface area contributed by atoms with E-state index in [1.165, 1.54) is 0 Å². The molecule has 0 aliphatic heterocycles. The zero-order valence-corrected chi connectivity index (χ0v) is 14.5. The first-order chi connectivity index (χ1) is 10.1. The van der Waals surface area contributed by atoms with Crippen molar-refractivity contribution in [2.45, 2.75) is 0 Å². The van der Waals surface area contributed by atoms with Gasteiger partial charge in [0.2, 0.25) is 5.88 Å². The fourth-order valence-electron chi connectivity index (χ4n) is 2.07. The van der Waals surface area contributed by atoms with Crippen molar-refractivity contribution < 1.29 is 4.52 Å². The Morgan fingerprint density at radius 2 is 1.86 bits per heavy atom. The van der Waals surface area contributed by atoms with Crippen LogP contribution in [0.5, 0.6) is 0 Å². The van der Waals surface area contributed by atoms with Crippen LogP contribution in [0.2, 0.25) is 5.02 Å². The molecule has 0 amide bonds. The lowest BCUT2D eigenvalue weighted by molar-refractivity contribution is 0.439. The van der Waals surface area contributed by atoms with Crippen molar-refractivity contribution in [1.82, 2.24) is 5.16 Å². The van der Waals surface area contributed by atoms with Gasteiger partial charge in [-0.3, -0.25) is 0 Å². The first-order valence-electron chi connectivity index (χ1n) is 6.03. The number of hydrogen-bond acceptors (Lipinski definition) is 3.